The molecule has 1 aromatic rings. The molecule has 0 radical (unpaired) electrons. The van der Waals surface area contributed by atoms with E-state index in [2.05, 4.69) is 10.7 Å². The molecule has 1 saturated carbocycles. The molecule has 0 bridgehead atoms. The van der Waals surface area contributed by atoms with Gasteiger partial charge in [0.2, 0.25) is 5.88 Å². The number of nitrogens with one attached hydrogen (secondary N) is 2. The van der Waals surface area contributed by atoms with Crippen molar-refractivity contribution in [2.45, 2.75) is 44.8 Å². The van der Waals surface area contributed by atoms with E-state index in [0.717, 1.165) is 37.6 Å². The summed E-state index contributed by atoms with van der Waals surface area (Å²) in [5, 5.41) is 5.15. The third-order valence-electron chi connectivity index (χ3n) is 4.97. The second-order valence-electron chi connectivity index (χ2n) is 6.91. The van der Waals surface area contributed by atoms with Crippen molar-refractivity contribution in [3.63, 3.8) is 0 Å². The molecule has 1 fully saturated rings. The van der Waals surface area contributed by atoms with E-state index >= 15 is 0 Å². The van der Waals surface area contributed by atoms with Crippen LogP contribution in [0.15, 0.2) is 30.2 Å². The Labute approximate surface area is 148 Å². The molecule has 25 heavy (non-hydrogen) atoms. The molecule has 1 atom stereocenters. The van der Waals surface area contributed by atoms with Gasteiger partial charge in [-0.25, -0.2) is 14.2 Å². The van der Waals surface area contributed by atoms with Gasteiger partial charge in [-0.05, 0) is 43.7 Å². The Morgan fingerprint density at radius 3 is 2.84 bits per heavy atom. The first-order valence-electron chi connectivity index (χ1n) is 9.12. The van der Waals surface area contributed by atoms with Crippen molar-refractivity contribution in [1.82, 2.24) is 15.8 Å². The fraction of sp³-hybridized carbons (Fsp3) is 0.579. The maximum absolute atomic E-state index is 13.8. The van der Waals surface area contributed by atoms with Crippen LogP contribution in [-0.4, -0.2) is 31.2 Å². The van der Waals surface area contributed by atoms with E-state index in [4.69, 9.17) is 4.74 Å². The Morgan fingerprint density at radius 2 is 2.08 bits per heavy atom. The molecule has 0 saturated heterocycles. The number of ether oxygens (including phenoxy) is 1. The first-order valence-corrected chi connectivity index (χ1v) is 9.12. The number of hydrazine groups is 1. The van der Waals surface area contributed by atoms with Crippen LogP contribution in [0.1, 0.15) is 37.7 Å². The van der Waals surface area contributed by atoms with Gasteiger partial charge in [0.15, 0.2) is 0 Å². The lowest BCUT2D eigenvalue weighted by Crippen LogP contribution is -2.42. The Kier molecular flexibility index (Phi) is 6.26. The zero-order valence-electron chi connectivity index (χ0n) is 14.7. The number of rotatable bonds is 8. The van der Waals surface area contributed by atoms with E-state index in [-0.39, 0.29) is 18.2 Å². The largest absolute Gasteiger partial charge is 0.473 e. The summed E-state index contributed by atoms with van der Waals surface area (Å²) in [6, 6.07) is 3.58. The molecule has 2 aliphatic rings. The van der Waals surface area contributed by atoms with Gasteiger partial charge in [-0.1, -0.05) is 25.7 Å². The van der Waals surface area contributed by atoms with E-state index in [1.807, 2.05) is 18.1 Å². The van der Waals surface area contributed by atoms with E-state index < -0.39 is 11.6 Å². The summed E-state index contributed by atoms with van der Waals surface area (Å²) >= 11 is 0. The van der Waals surface area contributed by atoms with Gasteiger partial charge in [-0.2, -0.15) is 0 Å². The first kappa shape index (κ1) is 18.1. The summed E-state index contributed by atoms with van der Waals surface area (Å²) in [7, 11) is 1.90. The number of hydrogen-bond acceptors (Lipinski definition) is 4. The van der Waals surface area contributed by atoms with Crippen molar-refractivity contribution < 1.29 is 13.5 Å². The maximum Gasteiger partial charge on any atom is 0.201 e. The van der Waals surface area contributed by atoms with E-state index in [1.54, 1.807) is 0 Å². The van der Waals surface area contributed by atoms with Crippen LogP contribution in [0.2, 0.25) is 0 Å². The van der Waals surface area contributed by atoms with Crippen molar-refractivity contribution >= 4 is 0 Å². The second kappa shape index (κ2) is 8.63. The molecular weight excluding hydrogens is 324 g/mol. The summed E-state index contributed by atoms with van der Waals surface area (Å²) in [6.07, 6.45) is 8.40. The smallest absolute Gasteiger partial charge is 0.201 e. The van der Waals surface area contributed by atoms with Gasteiger partial charge in [-0.3, -0.25) is 5.01 Å². The van der Waals surface area contributed by atoms with Crippen LogP contribution < -0.4 is 10.7 Å². The van der Waals surface area contributed by atoms with Crippen LogP contribution in [0.4, 0.5) is 8.78 Å². The Hall–Kier alpha value is -1.66. The highest BCUT2D eigenvalue weighted by Gasteiger charge is 2.25. The molecule has 138 valence electrons. The molecule has 1 unspecified atom stereocenters. The molecule has 0 spiro atoms. The number of hydrogen-bond donors (Lipinski definition) is 2. The van der Waals surface area contributed by atoms with Crippen molar-refractivity contribution in [2.75, 3.05) is 20.1 Å². The Bertz CT molecular complexity index is 602. The quantitative estimate of drug-likeness (QED) is 0.753. The summed E-state index contributed by atoms with van der Waals surface area (Å²) < 4.78 is 32.9. The minimum atomic E-state index is -0.454. The van der Waals surface area contributed by atoms with Crippen molar-refractivity contribution in [2.24, 2.45) is 5.92 Å². The van der Waals surface area contributed by atoms with Crippen molar-refractivity contribution in [3.05, 3.63) is 47.4 Å². The fourth-order valence-corrected chi connectivity index (χ4v) is 3.60. The molecule has 0 aromatic heterocycles. The van der Waals surface area contributed by atoms with Crippen LogP contribution in [0, 0.1) is 17.6 Å². The summed E-state index contributed by atoms with van der Waals surface area (Å²) in [6.45, 7) is 1.66. The van der Waals surface area contributed by atoms with Gasteiger partial charge in [-0.15, -0.1) is 0 Å². The fourth-order valence-electron chi connectivity index (χ4n) is 3.60. The van der Waals surface area contributed by atoms with Crippen LogP contribution in [0.25, 0.3) is 0 Å². The number of likely N-dealkylation sites (N-methyl/N-ethyl adjacent to an activating group) is 1. The minimum Gasteiger partial charge on any atom is -0.473 e. The highest BCUT2D eigenvalue weighted by Crippen LogP contribution is 2.28. The zero-order chi connectivity index (χ0) is 17.6. The summed E-state index contributed by atoms with van der Waals surface area (Å²) in [5.41, 5.74) is 3.64. The monoisotopic (exact) mass is 351 g/mol. The highest BCUT2D eigenvalue weighted by molar-refractivity contribution is 5.18. The van der Waals surface area contributed by atoms with Crippen LogP contribution in [0.5, 0.6) is 0 Å². The Morgan fingerprint density at radius 1 is 1.28 bits per heavy atom. The lowest BCUT2D eigenvalue weighted by molar-refractivity contribution is 0.0788. The number of benzene rings is 1. The third kappa shape index (κ3) is 4.92. The zero-order valence-corrected chi connectivity index (χ0v) is 14.7. The van der Waals surface area contributed by atoms with Gasteiger partial charge >= 0.3 is 0 Å². The maximum atomic E-state index is 13.8. The van der Waals surface area contributed by atoms with Gasteiger partial charge in [0.05, 0.1) is 6.04 Å². The first-order chi connectivity index (χ1) is 12.2. The molecule has 6 heteroatoms. The van der Waals surface area contributed by atoms with E-state index in [1.165, 1.54) is 31.7 Å². The van der Waals surface area contributed by atoms with Crippen molar-refractivity contribution in [3.8, 4) is 0 Å². The molecule has 1 heterocycles. The van der Waals surface area contributed by atoms with Crippen LogP contribution >= 0.6 is 0 Å². The SMILES string of the molecule is CNCC1C=C(OCc2cc(F)ccc2F)N(CCC2CCCC2)N1. The van der Waals surface area contributed by atoms with Crippen LogP contribution in [0.3, 0.4) is 0 Å². The predicted octanol–water partition coefficient (Wildman–Crippen LogP) is 3.31. The van der Waals surface area contributed by atoms with Gasteiger partial charge in [0, 0.05) is 18.7 Å². The van der Waals surface area contributed by atoms with Gasteiger partial charge in [0.25, 0.3) is 0 Å². The molecular formula is C19H27F2N3O. The normalized spacial score (nSPS) is 21.0. The average Bonchev–Trinajstić information content (AvgIpc) is 3.24. The predicted molar refractivity (Wildman–Crippen MR) is 93.4 cm³/mol. The average molecular weight is 351 g/mol. The highest BCUT2D eigenvalue weighted by atomic mass is 19.1. The molecule has 1 aliphatic heterocycles. The Balaban J connectivity index is 1.59. The molecule has 1 aliphatic carbocycles. The van der Waals surface area contributed by atoms with Crippen LogP contribution in [-0.2, 0) is 11.3 Å². The van der Waals surface area contributed by atoms with E-state index in [9.17, 15) is 8.78 Å². The summed E-state index contributed by atoms with van der Waals surface area (Å²) in [4.78, 5) is 0. The van der Waals surface area contributed by atoms with Gasteiger partial charge < -0.3 is 10.1 Å². The van der Waals surface area contributed by atoms with Crippen molar-refractivity contribution in [1.29, 1.82) is 0 Å². The standard InChI is InChI=1S/C19H27F2N3O/c1-22-12-17-11-19(24(23-17)9-8-14-4-2-3-5-14)25-13-15-10-16(20)6-7-18(15)21/h6-7,10-11,14,17,22-23H,2-5,8-9,12-13H2,1H3. The lowest BCUT2D eigenvalue weighted by atomic mass is 10.0. The molecule has 2 N–H and O–H groups in total. The third-order valence-corrected chi connectivity index (χ3v) is 4.97. The number of halogens is 2. The second-order valence-corrected chi connectivity index (χ2v) is 6.91. The molecule has 0 amide bonds. The molecule has 4 nitrogen and oxygen atoms in total. The molecule has 1 aromatic carbocycles. The minimum absolute atomic E-state index is 0.0172. The number of nitrogens with zero attached hydrogens (tertiary/aromatic N) is 1. The lowest BCUT2D eigenvalue weighted by Gasteiger charge is -2.25. The topological polar surface area (TPSA) is 36.5 Å². The van der Waals surface area contributed by atoms with E-state index in [0.29, 0.717) is 5.88 Å². The van der Waals surface area contributed by atoms with Gasteiger partial charge in [0.1, 0.15) is 18.2 Å². The summed E-state index contributed by atoms with van der Waals surface area (Å²) in [5.74, 6) is 0.580. The molecule has 3 rings (SSSR count).